The lowest BCUT2D eigenvalue weighted by Crippen LogP contribution is -1.93. The van der Waals surface area contributed by atoms with Gasteiger partial charge in [-0.15, -0.1) is 0 Å². The molecule has 0 heterocycles. The molecule has 0 aliphatic carbocycles. The highest BCUT2D eigenvalue weighted by atomic mass is 16.4. The van der Waals surface area contributed by atoms with E-state index in [9.17, 15) is 4.79 Å². The van der Waals surface area contributed by atoms with Gasteiger partial charge in [-0.1, -0.05) is 188 Å². The smallest absolute Gasteiger partial charge is 0.303 e. The number of hydrogen-bond acceptors (Lipinski definition) is 3. The molecule has 0 aromatic carbocycles. The lowest BCUT2D eigenvalue weighted by Gasteiger charge is -2.01. The minimum Gasteiger partial charge on any atom is -0.481 e. The summed E-state index contributed by atoms with van der Waals surface area (Å²) in [6, 6.07) is 0. The van der Waals surface area contributed by atoms with Crippen LogP contribution >= 0.6 is 0 Å². The van der Waals surface area contributed by atoms with Gasteiger partial charge < -0.3 is 15.3 Å². The van der Waals surface area contributed by atoms with E-state index >= 15 is 0 Å². The first-order valence-corrected chi connectivity index (χ1v) is 18.0. The van der Waals surface area contributed by atoms with Crippen LogP contribution in [0.2, 0.25) is 0 Å². The number of aliphatic carboxylic acids is 1. The summed E-state index contributed by atoms with van der Waals surface area (Å²) in [4.78, 5) is 10.1. The highest BCUT2D eigenvalue weighted by molar-refractivity contribution is 5.66. The Hall–Kier alpha value is -0.610. The van der Waals surface area contributed by atoms with Gasteiger partial charge in [0.2, 0.25) is 0 Å². The Balaban J connectivity index is -0.000000517. The standard InChI is InChI=1S/C14H30O.C12H26O.C10H20O2/c1-2-3-4-5-6-7-8-9-10-11-12-13-14-15;1-2-3-4-5-6-7-8-9-10-11-12-13;1-2-3-4-5-6-7-8-9-10(11)12/h15H,2-14H2,1H3;13H,2-12H2,1H3;2-9H2,1H3,(H,11,12). The second-order valence-corrected chi connectivity index (χ2v) is 11.8. The Morgan fingerprint density at radius 3 is 0.750 bits per heavy atom. The van der Waals surface area contributed by atoms with Crippen molar-refractivity contribution in [3.8, 4) is 0 Å². The Bertz CT molecular complexity index is 392. The molecule has 0 aromatic heterocycles. The van der Waals surface area contributed by atoms with Crippen molar-refractivity contribution < 1.29 is 20.1 Å². The molecule has 0 fully saturated rings. The molecular formula is C36H76O4. The Labute approximate surface area is 252 Å². The quantitative estimate of drug-likeness (QED) is 0.0748. The summed E-state index contributed by atoms with van der Waals surface area (Å²) in [5.41, 5.74) is 0. The molecule has 0 bridgehead atoms. The van der Waals surface area contributed by atoms with Crippen molar-refractivity contribution >= 4 is 5.97 Å². The van der Waals surface area contributed by atoms with Crippen LogP contribution in [0.15, 0.2) is 0 Å². The molecule has 0 saturated carbocycles. The van der Waals surface area contributed by atoms with Crippen LogP contribution in [0.1, 0.15) is 213 Å². The van der Waals surface area contributed by atoms with E-state index in [2.05, 4.69) is 20.8 Å². The van der Waals surface area contributed by atoms with E-state index in [1.165, 1.54) is 161 Å². The van der Waals surface area contributed by atoms with Gasteiger partial charge in [0.25, 0.3) is 0 Å². The third kappa shape index (κ3) is 53.6. The minimum atomic E-state index is -0.663. The number of carboxylic acids is 1. The third-order valence-corrected chi connectivity index (χ3v) is 7.52. The zero-order valence-corrected chi connectivity index (χ0v) is 27.9. The molecule has 0 unspecified atom stereocenters. The molecule has 0 aromatic rings. The summed E-state index contributed by atoms with van der Waals surface area (Å²) < 4.78 is 0. The van der Waals surface area contributed by atoms with Crippen LogP contribution in [-0.2, 0) is 4.79 Å². The van der Waals surface area contributed by atoms with Gasteiger partial charge in [0.1, 0.15) is 0 Å². The second kappa shape index (κ2) is 45.4. The number of hydrogen-bond donors (Lipinski definition) is 3. The first-order valence-electron chi connectivity index (χ1n) is 18.0. The molecule has 4 heteroatoms. The first-order chi connectivity index (χ1) is 19.6. The van der Waals surface area contributed by atoms with Gasteiger partial charge in [0.15, 0.2) is 0 Å². The van der Waals surface area contributed by atoms with Gasteiger partial charge in [-0.3, -0.25) is 4.79 Å². The van der Waals surface area contributed by atoms with Crippen molar-refractivity contribution in [2.75, 3.05) is 13.2 Å². The molecule has 40 heavy (non-hydrogen) atoms. The topological polar surface area (TPSA) is 77.8 Å². The largest absolute Gasteiger partial charge is 0.481 e. The minimum absolute atomic E-state index is 0.341. The Morgan fingerprint density at radius 1 is 0.350 bits per heavy atom. The number of carbonyl (C=O) groups is 1. The summed E-state index contributed by atoms with van der Waals surface area (Å²) in [6.45, 7) is 7.47. The van der Waals surface area contributed by atoms with E-state index in [-0.39, 0.29) is 0 Å². The fourth-order valence-electron chi connectivity index (χ4n) is 4.79. The molecule has 0 aliphatic rings. The van der Waals surface area contributed by atoms with Gasteiger partial charge >= 0.3 is 5.97 Å². The van der Waals surface area contributed by atoms with Crippen LogP contribution in [0.25, 0.3) is 0 Å². The molecule has 0 amide bonds. The molecule has 4 nitrogen and oxygen atoms in total. The summed E-state index contributed by atoms with van der Waals surface area (Å²) in [5.74, 6) is -0.663. The van der Waals surface area contributed by atoms with Crippen LogP contribution in [-0.4, -0.2) is 34.5 Å². The van der Waals surface area contributed by atoms with E-state index in [0.29, 0.717) is 19.6 Å². The highest BCUT2D eigenvalue weighted by Gasteiger charge is 1.96. The van der Waals surface area contributed by atoms with E-state index in [1.54, 1.807) is 0 Å². The summed E-state index contributed by atoms with van der Waals surface area (Å²) >= 11 is 0. The average Bonchev–Trinajstić information content (AvgIpc) is 2.95. The Kier molecular flexibility index (Phi) is 49.7. The van der Waals surface area contributed by atoms with Crippen LogP contribution in [0.3, 0.4) is 0 Å². The first kappa shape index (κ1) is 43.8. The SMILES string of the molecule is CCCCCCCCCC(=O)O.CCCCCCCCCCCCCCO.CCCCCCCCCCCCO. The summed E-state index contributed by atoms with van der Waals surface area (Å²) in [6.07, 6.45) is 38.2. The van der Waals surface area contributed by atoms with E-state index in [1.807, 2.05) is 0 Å². The molecule has 0 radical (unpaired) electrons. The maximum absolute atomic E-state index is 10.1. The number of rotatable bonds is 30. The molecule has 0 spiro atoms. The zero-order valence-electron chi connectivity index (χ0n) is 27.9. The van der Waals surface area contributed by atoms with Gasteiger partial charge in [0.05, 0.1) is 0 Å². The van der Waals surface area contributed by atoms with E-state index in [0.717, 1.165) is 25.7 Å². The number of aliphatic hydroxyl groups excluding tert-OH is 2. The zero-order chi connectivity index (χ0) is 30.2. The van der Waals surface area contributed by atoms with Crippen LogP contribution in [0.4, 0.5) is 0 Å². The predicted molar refractivity (Wildman–Crippen MR) is 177 cm³/mol. The van der Waals surface area contributed by atoms with E-state index < -0.39 is 5.97 Å². The monoisotopic (exact) mass is 573 g/mol. The van der Waals surface area contributed by atoms with Crippen molar-refractivity contribution in [1.82, 2.24) is 0 Å². The normalized spacial score (nSPS) is 10.5. The maximum atomic E-state index is 10.1. The van der Waals surface area contributed by atoms with Crippen LogP contribution < -0.4 is 0 Å². The van der Waals surface area contributed by atoms with Crippen molar-refractivity contribution in [2.24, 2.45) is 0 Å². The molecule has 0 atom stereocenters. The van der Waals surface area contributed by atoms with Crippen molar-refractivity contribution in [1.29, 1.82) is 0 Å². The molecular weight excluding hydrogens is 496 g/mol. The molecule has 0 saturated heterocycles. The summed E-state index contributed by atoms with van der Waals surface area (Å²) in [7, 11) is 0. The molecule has 0 aliphatic heterocycles. The number of aliphatic hydroxyl groups is 2. The van der Waals surface area contributed by atoms with Gasteiger partial charge in [-0.2, -0.15) is 0 Å². The molecule has 0 rings (SSSR count). The number of unbranched alkanes of at least 4 members (excludes halogenated alkanes) is 26. The van der Waals surface area contributed by atoms with Crippen LogP contribution in [0.5, 0.6) is 0 Å². The fraction of sp³-hybridized carbons (Fsp3) is 0.972. The van der Waals surface area contributed by atoms with E-state index in [4.69, 9.17) is 15.3 Å². The lowest BCUT2D eigenvalue weighted by molar-refractivity contribution is -0.137. The highest BCUT2D eigenvalue weighted by Crippen LogP contribution is 2.12. The second-order valence-electron chi connectivity index (χ2n) is 11.8. The van der Waals surface area contributed by atoms with Gasteiger partial charge in [-0.05, 0) is 19.3 Å². The number of carboxylic acid groups (broad SMARTS) is 1. The maximum Gasteiger partial charge on any atom is 0.303 e. The Morgan fingerprint density at radius 2 is 0.550 bits per heavy atom. The van der Waals surface area contributed by atoms with Crippen molar-refractivity contribution in [3.63, 3.8) is 0 Å². The fourth-order valence-corrected chi connectivity index (χ4v) is 4.79. The van der Waals surface area contributed by atoms with Crippen molar-refractivity contribution in [3.05, 3.63) is 0 Å². The van der Waals surface area contributed by atoms with Gasteiger partial charge in [-0.25, -0.2) is 0 Å². The predicted octanol–water partition coefficient (Wildman–Crippen LogP) is 11.8. The third-order valence-electron chi connectivity index (χ3n) is 7.52. The molecule has 3 N–H and O–H groups in total. The van der Waals surface area contributed by atoms with Crippen molar-refractivity contribution in [2.45, 2.75) is 213 Å². The molecule has 244 valence electrons. The average molecular weight is 573 g/mol. The lowest BCUT2D eigenvalue weighted by atomic mass is 10.1. The van der Waals surface area contributed by atoms with Crippen LogP contribution in [0, 0.1) is 0 Å². The summed E-state index contributed by atoms with van der Waals surface area (Å²) in [5, 5.41) is 25.5. The van der Waals surface area contributed by atoms with Gasteiger partial charge in [0, 0.05) is 19.6 Å².